The Morgan fingerprint density at radius 3 is 1.82 bits per heavy atom. The van der Waals surface area contributed by atoms with Crippen molar-refractivity contribution in [2.75, 3.05) is 26.2 Å². The molecule has 1 aliphatic rings. The van der Waals surface area contributed by atoms with Crippen LogP contribution >= 0.6 is 7.82 Å². The highest BCUT2D eigenvalue weighted by Gasteiger charge is 2.39. The number of amides is 8. The molecule has 8 amide bonds. The number of hydrogen-bond acceptors (Lipinski definition) is 17. The van der Waals surface area contributed by atoms with Gasteiger partial charge in [0.05, 0.1) is 38.1 Å². The molecule has 1 fully saturated rings. The zero-order valence-electron chi connectivity index (χ0n) is 39.9. The molecule has 1 aliphatic heterocycles. The molecule has 1 aromatic rings. The first kappa shape index (κ1) is 63.0. The van der Waals surface area contributed by atoms with Gasteiger partial charge in [-0.15, -0.1) is 0 Å². The van der Waals surface area contributed by atoms with Crippen LogP contribution < -0.4 is 48.7 Å². The summed E-state index contributed by atoms with van der Waals surface area (Å²) in [6.45, 7) is -1.05. The van der Waals surface area contributed by atoms with Crippen LogP contribution in [0.4, 0.5) is 0 Å². The molecule has 0 unspecified atom stereocenters. The number of nitrogens with zero attached hydrogens (tertiary/aromatic N) is 1. The van der Waals surface area contributed by atoms with E-state index in [1.807, 2.05) is 5.32 Å². The van der Waals surface area contributed by atoms with Crippen LogP contribution in [0.25, 0.3) is 0 Å². The van der Waals surface area contributed by atoms with Crippen molar-refractivity contribution in [1.29, 1.82) is 0 Å². The van der Waals surface area contributed by atoms with Crippen LogP contribution in [-0.4, -0.2) is 192 Å². The maximum Gasteiger partial charge on any atom is 0.469 e. The number of phosphoric acid groups is 1. The summed E-state index contributed by atoms with van der Waals surface area (Å²) in [7, 11) is -5.39. The number of likely N-dealkylation sites (tertiary alicyclic amines) is 1. The third-order valence-corrected chi connectivity index (χ3v) is 11.4. The van der Waals surface area contributed by atoms with Crippen molar-refractivity contribution in [3.8, 4) is 0 Å². The average molecular weight is 1070 g/mol. The summed E-state index contributed by atoms with van der Waals surface area (Å²) in [4.78, 5) is 172. The standard InChI is InChI=1S/C42H63N10O21P/c1-21(53)34(51-37(63)24(10-5-6-14-43)46-35(61)23(44)16-22-8-3-2-4-9-22)41(67)47-25(12-13-31(55)56)36(62)45-19-30(54)52-15-7-11-29(52)40(66)48-26(17-32(57)58)38(64)50-28(20-73-74(70,71)72)39(65)49-27(42(68)69)18-33(59)60/h2-4,8-9,21,23-29,34,53H,5-7,10-20,43-44H2,1H3,(H,45,62)(H,46,61)(H,47,67)(H,48,66)(H,49,65)(H,50,64)(H,51,63)(H,55,56)(H,57,58)(H,59,60)(H,68,69)(H2,70,71,72)/t21-,23+,24+,25+,26+,27+,28+,29+,34+/m1/s1. The topological polar surface area (TPSA) is 512 Å². The van der Waals surface area contributed by atoms with Crippen LogP contribution in [0.3, 0.4) is 0 Å². The van der Waals surface area contributed by atoms with Gasteiger partial charge in [-0.2, -0.15) is 0 Å². The van der Waals surface area contributed by atoms with Crippen LogP contribution in [0.2, 0.25) is 0 Å². The number of nitrogens with one attached hydrogen (secondary N) is 7. The van der Waals surface area contributed by atoms with E-state index in [0.29, 0.717) is 12.8 Å². The van der Waals surface area contributed by atoms with Crippen molar-refractivity contribution in [1.82, 2.24) is 42.1 Å². The van der Waals surface area contributed by atoms with Gasteiger partial charge in [0.25, 0.3) is 0 Å². The molecular weight excluding hydrogens is 1010 g/mol. The SMILES string of the molecule is C[C@@H](O)[C@H](NC(=O)[C@H](CCCCN)NC(=O)[C@@H](N)Cc1ccccc1)C(=O)N[C@@H](CCC(=O)O)C(=O)NCC(=O)N1CCC[C@H]1C(=O)N[C@@H](CC(=O)O)C(=O)N[C@@H](COP(=O)(O)O)C(=O)N[C@@H](CC(=O)O)C(=O)O. The number of aliphatic carboxylic acids is 4. The third kappa shape index (κ3) is 22.7. The number of carbonyl (C=O) groups is 12. The molecule has 0 spiro atoms. The molecule has 2 rings (SSSR count). The first-order valence-corrected chi connectivity index (χ1v) is 24.3. The van der Waals surface area contributed by atoms with Crippen LogP contribution in [0.15, 0.2) is 30.3 Å². The summed E-state index contributed by atoms with van der Waals surface area (Å²) in [6, 6.07) is -5.03. The molecule has 412 valence electrons. The Hall–Kier alpha value is -7.15. The number of benzene rings is 1. The van der Waals surface area contributed by atoms with Crippen molar-refractivity contribution < 1.29 is 102 Å². The predicted molar refractivity (Wildman–Crippen MR) is 249 cm³/mol. The number of aliphatic hydroxyl groups is 1. The second-order valence-corrected chi connectivity index (χ2v) is 18.1. The highest BCUT2D eigenvalue weighted by molar-refractivity contribution is 7.46. The van der Waals surface area contributed by atoms with Crippen molar-refractivity contribution in [3.05, 3.63) is 35.9 Å². The van der Waals surface area contributed by atoms with Gasteiger partial charge in [0.15, 0.2) is 0 Å². The van der Waals surface area contributed by atoms with E-state index in [0.717, 1.165) is 17.4 Å². The Morgan fingerprint density at radius 1 is 0.703 bits per heavy atom. The quantitative estimate of drug-likeness (QED) is 0.0230. The van der Waals surface area contributed by atoms with Gasteiger partial charge in [-0.3, -0.25) is 57.3 Å². The molecule has 9 atom stereocenters. The predicted octanol–water partition coefficient (Wildman–Crippen LogP) is -5.91. The largest absolute Gasteiger partial charge is 0.481 e. The molecule has 1 saturated heterocycles. The number of rotatable bonds is 33. The van der Waals surface area contributed by atoms with Crippen LogP contribution in [0.5, 0.6) is 0 Å². The van der Waals surface area contributed by atoms with E-state index in [9.17, 15) is 82.5 Å². The lowest BCUT2D eigenvalue weighted by atomic mass is 10.0. The van der Waals surface area contributed by atoms with Gasteiger partial charge < -0.3 is 88.9 Å². The Morgan fingerprint density at radius 2 is 1.26 bits per heavy atom. The van der Waals surface area contributed by atoms with E-state index in [-0.39, 0.29) is 38.8 Å². The van der Waals surface area contributed by atoms with E-state index < -0.39 is 172 Å². The number of carboxylic acids is 4. The highest BCUT2D eigenvalue weighted by atomic mass is 31.2. The Bertz CT molecular complexity index is 2230. The molecule has 1 heterocycles. The van der Waals surface area contributed by atoms with Gasteiger partial charge in [-0.25, -0.2) is 9.36 Å². The van der Waals surface area contributed by atoms with Gasteiger partial charge in [-0.1, -0.05) is 30.3 Å². The first-order chi connectivity index (χ1) is 34.6. The number of nitrogens with two attached hydrogens (primary N) is 2. The molecule has 32 heteroatoms. The lowest BCUT2D eigenvalue weighted by Gasteiger charge is -2.28. The Kier molecular flexibility index (Phi) is 26.2. The van der Waals surface area contributed by atoms with E-state index in [1.165, 1.54) is 0 Å². The molecule has 1 aromatic carbocycles. The minimum absolute atomic E-state index is 0.0352. The van der Waals surface area contributed by atoms with Crippen molar-refractivity contribution in [3.63, 3.8) is 0 Å². The molecular formula is C42H63N10O21P. The third-order valence-electron chi connectivity index (χ3n) is 10.9. The summed E-state index contributed by atoms with van der Waals surface area (Å²) >= 11 is 0. The van der Waals surface area contributed by atoms with Gasteiger partial charge in [0.2, 0.25) is 47.3 Å². The number of hydrogen-bond donors (Lipinski definition) is 16. The summed E-state index contributed by atoms with van der Waals surface area (Å²) in [5.74, 6) is -15.8. The zero-order chi connectivity index (χ0) is 55.9. The molecule has 0 bridgehead atoms. The maximum absolute atomic E-state index is 13.6. The maximum atomic E-state index is 13.6. The minimum Gasteiger partial charge on any atom is -0.481 e. The summed E-state index contributed by atoms with van der Waals surface area (Å²) < 4.78 is 15.6. The molecule has 0 saturated carbocycles. The van der Waals surface area contributed by atoms with E-state index >= 15 is 0 Å². The molecule has 74 heavy (non-hydrogen) atoms. The van der Waals surface area contributed by atoms with Crippen molar-refractivity contribution in [2.45, 2.75) is 126 Å². The van der Waals surface area contributed by atoms with Gasteiger partial charge in [0.1, 0.15) is 42.3 Å². The second-order valence-electron chi connectivity index (χ2n) is 16.8. The van der Waals surface area contributed by atoms with E-state index in [4.69, 9.17) is 26.4 Å². The first-order valence-electron chi connectivity index (χ1n) is 22.8. The Balaban J connectivity index is 2.22. The van der Waals surface area contributed by atoms with Crippen LogP contribution in [-0.2, 0) is 73.0 Å². The normalized spacial score (nSPS) is 16.5. The van der Waals surface area contributed by atoms with Crippen molar-refractivity contribution >= 4 is 79.0 Å². The molecule has 18 N–H and O–H groups in total. The van der Waals surface area contributed by atoms with E-state index in [2.05, 4.69) is 31.1 Å². The molecule has 0 aliphatic carbocycles. The Labute approximate surface area is 421 Å². The highest BCUT2D eigenvalue weighted by Crippen LogP contribution is 2.35. The second kappa shape index (κ2) is 30.8. The number of carboxylic acid groups (broad SMARTS) is 4. The molecule has 31 nitrogen and oxygen atoms in total. The van der Waals surface area contributed by atoms with Crippen molar-refractivity contribution in [2.24, 2.45) is 11.5 Å². The lowest BCUT2D eigenvalue weighted by Crippen LogP contribution is -2.60. The monoisotopic (exact) mass is 1070 g/mol. The number of phosphoric ester groups is 1. The smallest absolute Gasteiger partial charge is 0.469 e. The number of aliphatic hydroxyl groups excluding tert-OH is 1. The minimum atomic E-state index is -5.39. The summed E-state index contributed by atoms with van der Waals surface area (Å²) in [5.41, 5.74) is 12.5. The fourth-order valence-electron chi connectivity index (χ4n) is 7.11. The lowest BCUT2D eigenvalue weighted by molar-refractivity contribution is -0.147. The van der Waals surface area contributed by atoms with Gasteiger partial charge >= 0.3 is 31.7 Å². The summed E-state index contributed by atoms with van der Waals surface area (Å²) in [6.07, 6.45) is -4.37. The zero-order valence-corrected chi connectivity index (χ0v) is 40.8. The fraction of sp³-hybridized carbons (Fsp3) is 0.571. The van der Waals surface area contributed by atoms with E-state index in [1.54, 1.807) is 35.6 Å². The molecule has 0 aromatic heterocycles. The molecule has 0 radical (unpaired) electrons. The van der Waals surface area contributed by atoms with Crippen LogP contribution in [0, 0.1) is 0 Å². The number of unbranched alkanes of at least 4 members (excludes halogenated alkanes) is 1. The van der Waals surface area contributed by atoms with Gasteiger partial charge in [0, 0.05) is 13.0 Å². The van der Waals surface area contributed by atoms with Gasteiger partial charge in [-0.05, 0) is 64.0 Å². The summed E-state index contributed by atoms with van der Waals surface area (Å²) in [5, 5.41) is 62.8. The average Bonchev–Trinajstić information content (AvgIpc) is 3.81. The van der Waals surface area contributed by atoms with Crippen LogP contribution in [0.1, 0.15) is 70.3 Å². The number of carbonyl (C=O) groups excluding carboxylic acids is 8. The fourth-order valence-corrected chi connectivity index (χ4v) is 7.45.